The van der Waals surface area contributed by atoms with E-state index in [4.69, 9.17) is 17.3 Å². The normalized spacial score (nSPS) is 22.2. The molecule has 2 aliphatic rings. The van der Waals surface area contributed by atoms with E-state index < -0.39 is 23.1 Å². The lowest BCUT2D eigenvalue weighted by atomic mass is 9.58. The molecule has 2 aromatic rings. The summed E-state index contributed by atoms with van der Waals surface area (Å²) in [6.07, 6.45) is 1.89. The largest absolute Gasteiger partial charge is 0.399 e. The van der Waals surface area contributed by atoms with E-state index in [0.29, 0.717) is 25.2 Å². The molecule has 0 aromatic heterocycles. The van der Waals surface area contributed by atoms with Crippen LogP contribution in [0, 0.1) is 51.1 Å². The van der Waals surface area contributed by atoms with Crippen LogP contribution in [-0.4, -0.2) is 18.0 Å². The van der Waals surface area contributed by atoms with Crippen LogP contribution in [0.15, 0.2) is 71.5 Å². The van der Waals surface area contributed by atoms with E-state index in [0.717, 1.165) is 5.56 Å². The molecule has 0 amide bonds. The molecule has 1 heterocycles. The monoisotopic (exact) mass is 443 g/mol. The van der Waals surface area contributed by atoms with Gasteiger partial charge < -0.3 is 5.73 Å². The van der Waals surface area contributed by atoms with E-state index in [-0.39, 0.29) is 21.9 Å². The maximum atomic E-state index is 15.1. The Labute approximate surface area is 191 Å². The molecular formula is C25H19ClFN5. The molecule has 0 fully saturated rings. The number of hydrogen-bond acceptors (Lipinski definition) is 5. The van der Waals surface area contributed by atoms with Crippen LogP contribution >= 0.6 is 11.6 Å². The highest BCUT2D eigenvalue weighted by Crippen LogP contribution is 2.55. The minimum absolute atomic E-state index is 0.0784. The molecule has 4 rings (SSSR count). The van der Waals surface area contributed by atoms with Crippen molar-refractivity contribution in [3.8, 4) is 18.2 Å². The third-order valence-electron chi connectivity index (χ3n) is 6.30. The van der Waals surface area contributed by atoms with Crippen LogP contribution in [0.3, 0.4) is 0 Å². The Morgan fingerprint density at radius 3 is 2.44 bits per heavy atom. The number of nitrogens with zero attached hydrogens (tertiary/aromatic N) is 4. The van der Waals surface area contributed by atoms with E-state index in [1.165, 1.54) is 18.2 Å². The molecule has 7 heteroatoms. The van der Waals surface area contributed by atoms with Crippen molar-refractivity contribution in [2.45, 2.75) is 12.5 Å². The lowest BCUT2D eigenvalue weighted by molar-refractivity contribution is 0.199. The summed E-state index contributed by atoms with van der Waals surface area (Å²) < 4.78 is 15.1. The summed E-state index contributed by atoms with van der Waals surface area (Å²) >= 11 is 6.41. The summed E-state index contributed by atoms with van der Waals surface area (Å²) in [5, 5.41) is 30.2. The smallest absolute Gasteiger partial charge is 0.191 e. The molecule has 5 nitrogen and oxygen atoms in total. The van der Waals surface area contributed by atoms with Gasteiger partial charge in [0.1, 0.15) is 11.9 Å². The molecule has 2 unspecified atom stereocenters. The SMILES string of the molecule is N#CC1=C(N)C(C#N)(C#N)C(c2c(F)cccc2Cl)C2CN(Cc3ccccc3)CC=C12. The van der Waals surface area contributed by atoms with Gasteiger partial charge >= 0.3 is 0 Å². The fourth-order valence-electron chi connectivity index (χ4n) is 4.83. The van der Waals surface area contributed by atoms with Crippen molar-refractivity contribution in [2.75, 3.05) is 13.1 Å². The zero-order valence-electron chi connectivity index (χ0n) is 17.1. The Balaban J connectivity index is 1.90. The predicted molar refractivity (Wildman–Crippen MR) is 118 cm³/mol. The predicted octanol–water partition coefficient (Wildman–Crippen LogP) is 4.40. The molecule has 2 aromatic carbocycles. The topological polar surface area (TPSA) is 101 Å². The molecule has 1 aliphatic heterocycles. The van der Waals surface area contributed by atoms with E-state index in [9.17, 15) is 15.8 Å². The van der Waals surface area contributed by atoms with Crippen LogP contribution in [0.25, 0.3) is 0 Å². The summed E-state index contributed by atoms with van der Waals surface area (Å²) in [6, 6.07) is 20.3. The molecule has 32 heavy (non-hydrogen) atoms. The Bertz CT molecular complexity index is 1210. The zero-order chi connectivity index (χ0) is 22.9. The molecule has 158 valence electrons. The molecule has 0 radical (unpaired) electrons. The van der Waals surface area contributed by atoms with Crippen LogP contribution < -0.4 is 5.73 Å². The zero-order valence-corrected chi connectivity index (χ0v) is 17.9. The lowest BCUT2D eigenvalue weighted by Gasteiger charge is -2.45. The van der Waals surface area contributed by atoms with Gasteiger partial charge in [-0.1, -0.05) is 54.1 Å². The van der Waals surface area contributed by atoms with Crippen LogP contribution in [-0.2, 0) is 6.54 Å². The van der Waals surface area contributed by atoms with Gasteiger partial charge in [-0.3, -0.25) is 4.90 Å². The highest BCUT2D eigenvalue weighted by molar-refractivity contribution is 6.31. The van der Waals surface area contributed by atoms with Gasteiger partial charge in [-0.25, -0.2) is 4.39 Å². The summed E-state index contributed by atoms with van der Waals surface area (Å²) in [5.74, 6) is -2.08. The van der Waals surface area contributed by atoms with Crippen molar-refractivity contribution in [2.24, 2.45) is 17.1 Å². The highest BCUT2D eigenvalue weighted by atomic mass is 35.5. The highest BCUT2D eigenvalue weighted by Gasteiger charge is 2.55. The average Bonchev–Trinajstić information content (AvgIpc) is 2.80. The van der Waals surface area contributed by atoms with Crippen molar-refractivity contribution in [1.82, 2.24) is 4.90 Å². The van der Waals surface area contributed by atoms with Crippen LogP contribution in [0.2, 0.25) is 5.02 Å². The molecule has 0 bridgehead atoms. The van der Waals surface area contributed by atoms with Crippen LogP contribution in [0.4, 0.5) is 4.39 Å². The number of nitrogens with two attached hydrogens (primary N) is 1. The number of nitriles is 3. The minimum Gasteiger partial charge on any atom is -0.399 e. The summed E-state index contributed by atoms with van der Waals surface area (Å²) in [6.45, 7) is 1.61. The quantitative estimate of drug-likeness (QED) is 0.757. The Morgan fingerprint density at radius 2 is 1.81 bits per heavy atom. The Hall–Kier alpha value is -3.63. The van der Waals surface area contributed by atoms with Gasteiger partial charge in [0.25, 0.3) is 0 Å². The summed E-state index contributed by atoms with van der Waals surface area (Å²) in [4.78, 5) is 2.14. The van der Waals surface area contributed by atoms with Crippen molar-refractivity contribution < 1.29 is 4.39 Å². The number of benzene rings is 2. The first-order valence-corrected chi connectivity index (χ1v) is 10.5. The van der Waals surface area contributed by atoms with Gasteiger partial charge in [0.05, 0.1) is 23.4 Å². The lowest BCUT2D eigenvalue weighted by Crippen LogP contribution is -2.48. The molecular weight excluding hydrogens is 425 g/mol. The molecule has 0 saturated carbocycles. The minimum atomic E-state index is -1.92. The van der Waals surface area contributed by atoms with E-state index >= 15 is 4.39 Å². The van der Waals surface area contributed by atoms with Crippen LogP contribution in [0.5, 0.6) is 0 Å². The number of fused-ring (bicyclic) bond motifs is 1. The molecule has 2 atom stereocenters. The summed E-state index contributed by atoms with van der Waals surface area (Å²) in [7, 11) is 0. The van der Waals surface area contributed by atoms with Gasteiger partial charge in [0, 0.05) is 42.1 Å². The van der Waals surface area contributed by atoms with Crippen LogP contribution in [0.1, 0.15) is 17.0 Å². The first kappa shape index (κ1) is 21.6. The van der Waals surface area contributed by atoms with Crippen molar-refractivity contribution >= 4 is 11.6 Å². The van der Waals surface area contributed by atoms with Gasteiger partial charge in [-0.15, -0.1) is 0 Å². The van der Waals surface area contributed by atoms with Gasteiger partial charge in [-0.05, 0) is 23.3 Å². The van der Waals surface area contributed by atoms with E-state index in [1.807, 2.05) is 48.5 Å². The number of hydrogen-bond donors (Lipinski definition) is 1. The molecule has 2 N–H and O–H groups in total. The van der Waals surface area contributed by atoms with Gasteiger partial charge in [0.15, 0.2) is 5.41 Å². The maximum absolute atomic E-state index is 15.1. The van der Waals surface area contributed by atoms with Crippen molar-refractivity contribution in [3.05, 3.63) is 93.4 Å². The second-order valence-corrected chi connectivity index (χ2v) is 8.40. The second kappa shape index (κ2) is 8.48. The van der Waals surface area contributed by atoms with Crippen molar-refractivity contribution in [1.29, 1.82) is 15.8 Å². The fourth-order valence-corrected chi connectivity index (χ4v) is 5.11. The fraction of sp³-hybridized carbons (Fsp3) is 0.240. The second-order valence-electron chi connectivity index (χ2n) is 7.99. The third-order valence-corrected chi connectivity index (χ3v) is 6.63. The molecule has 0 saturated heterocycles. The van der Waals surface area contributed by atoms with Gasteiger partial charge in [-0.2, -0.15) is 15.8 Å². The number of rotatable bonds is 3. The first-order chi connectivity index (χ1) is 15.5. The average molecular weight is 444 g/mol. The molecule has 1 aliphatic carbocycles. The summed E-state index contributed by atoms with van der Waals surface area (Å²) in [5.41, 5.74) is 6.15. The number of halogens is 2. The first-order valence-electron chi connectivity index (χ1n) is 10.1. The van der Waals surface area contributed by atoms with Crippen molar-refractivity contribution in [3.63, 3.8) is 0 Å². The number of allylic oxidation sites excluding steroid dienone is 2. The van der Waals surface area contributed by atoms with E-state index in [1.54, 1.807) is 0 Å². The standard InChI is InChI=1S/C25H19ClFN5/c26-20-7-4-8-21(27)22(20)23-19-13-32(12-16-5-2-1-3-6-16)10-9-17(19)18(11-28)24(31)25(23,14-29)15-30/h1-9,19,23H,10,12-13,31H2. The Kier molecular flexibility index (Phi) is 5.72. The van der Waals surface area contributed by atoms with Gasteiger partial charge in [0.2, 0.25) is 0 Å². The molecule has 0 spiro atoms. The third kappa shape index (κ3) is 3.33. The maximum Gasteiger partial charge on any atom is 0.191 e. The van der Waals surface area contributed by atoms with E-state index in [2.05, 4.69) is 11.0 Å². The Morgan fingerprint density at radius 1 is 1.09 bits per heavy atom.